The van der Waals surface area contributed by atoms with Crippen LogP contribution < -0.4 is 11.1 Å². The van der Waals surface area contributed by atoms with Gasteiger partial charge in [-0.1, -0.05) is 12.1 Å². The van der Waals surface area contributed by atoms with E-state index in [4.69, 9.17) is 5.73 Å². The molecule has 0 fully saturated rings. The van der Waals surface area contributed by atoms with Crippen molar-refractivity contribution in [3.8, 4) is 0 Å². The number of rotatable bonds is 6. The lowest BCUT2D eigenvalue weighted by Crippen LogP contribution is -2.37. The second-order valence-electron chi connectivity index (χ2n) is 4.68. The van der Waals surface area contributed by atoms with Crippen molar-refractivity contribution in [2.24, 2.45) is 5.73 Å². The van der Waals surface area contributed by atoms with Crippen molar-refractivity contribution in [2.45, 2.75) is 33.4 Å². The molecule has 1 rings (SSSR count). The number of carbonyl (C=O) groups is 2. The number of nitrogens with one attached hydrogen (secondary N) is 1. The predicted molar refractivity (Wildman–Crippen MR) is 79.2 cm³/mol. The zero-order valence-corrected chi connectivity index (χ0v) is 12.3. The lowest BCUT2D eigenvalue weighted by Gasteiger charge is -2.18. The lowest BCUT2D eigenvalue weighted by atomic mass is 10.1. The minimum absolute atomic E-state index is 0.0289. The molecule has 2 amide bonds. The van der Waals surface area contributed by atoms with Crippen molar-refractivity contribution in [3.63, 3.8) is 0 Å². The fourth-order valence-corrected chi connectivity index (χ4v) is 1.81. The maximum absolute atomic E-state index is 12.1. The van der Waals surface area contributed by atoms with Crippen LogP contribution in [0.2, 0.25) is 0 Å². The summed E-state index contributed by atoms with van der Waals surface area (Å²) in [5.74, 6) is -0.158. The SMILES string of the molecule is CCN(CC)C(=O)c1ccc(CNC(=O)[C@@H](C)N)cc1. The molecule has 0 radical (unpaired) electrons. The van der Waals surface area contributed by atoms with Gasteiger partial charge in [0, 0.05) is 25.2 Å². The van der Waals surface area contributed by atoms with E-state index in [9.17, 15) is 9.59 Å². The average Bonchev–Trinajstić information content (AvgIpc) is 2.46. The highest BCUT2D eigenvalue weighted by Gasteiger charge is 2.12. The van der Waals surface area contributed by atoms with Gasteiger partial charge in [-0.15, -0.1) is 0 Å². The minimum atomic E-state index is -0.515. The van der Waals surface area contributed by atoms with Crippen LogP contribution in [0.4, 0.5) is 0 Å². The number of carbonyl (C=O) groups excluding carboxylic acids is 2. The van der Waals surface area contributed by atoms with Gasteiger partial charge in [0.05, 0.1) is 6.04 Å². The second-order valence-corrected chi connectivity index (χ2v) is 4.68. The monoisotopic (exact) mass is 277 g/mol. The van der Waals surface area contributed by atoms with E-state index in [1.165, 1.54) is 0 Å². The molecule has 110 valence electrons. The molecule has 1 atom stereocenters. The molecule has 0 aliphatic rings. The molecular formula is C15H23N3O2. The standard InChI is InChI=1S/C15H23N3O2/c1-4-18(5-2)15(20)13-8-6-12(7-9-13)10-17-14(19)11(3)16/h6-9,11H,4-5,10,16H2,1-3H3,(H,17,19)/t11-/m1/s1. The van der Waals surface area contributed by atoms with Crippen molar-refractivity contribution in [1.82, 2.24) is 10.2 Å². The van der Waals surface area contributed by atoms with Crippen molar-refractivity contribution in [3.05, 3.63) is 35.4 Å². The number of hydrogen-bond donors (Lipinski definition) is 2. The Hall–Kier alpha value is -1.88. The van der Waals surface area contributed by atoms with E-state index in [0.29, 0.717) is 25.2 Å². The van der Waals surface area contributed by atoms with Gasteiger partial charge >= 0.3 is 0 Å². The van der Waals surface area contributed by atoms with Crippen LogP contribution in [0.25, 0.3) is 0 Å². The van der Waals surface area contributed by atoms with Crippen LogP contribution in [0.5, 0.6) is 0 Å². The summed E-state index contributed by atoms with van der Waals surface area (Å²) in [6, 6.07) is 6.75. The van der Waals surface area contributed by atoms with Crippen LogP contribution in [0, 0.1) is 0 Å². The van der Waals surface area contributed by atoms with E-state index < -0.39 is 6.04 Å². The average molecular weight is 277 g/mol. The third-order valence-electron chi connectivity index (χ3n) is 3.13. The first-order chi connectivity index (χ1) is 9.49. The summed E-state index contributed by atoms with van der Waals surface area (Å²) in [5, 5.41) is 2.73. The van der Waals surface area contributed by atoms with E-state index >= 15 is 0 Å². The van der Waals surface area contributed by atoms with Crippen molar-refractivity contribution < 1.29 is 9.59 Å². The van der Waals surface area contributed by atoms with Gasteiger partial charge in [-0.05, 0) is 38.5 Å². The Kier molecular flexibility index (Phi) is 6.18. The molecule has 5 nitrogen and oxygen atoms in total. The Balaban J connectivity index is 2.65. The summed E-state index contributed by atoms with van der Waals surface area (Å²) in [6.07, 6.45) is 0. The molecule has 20 heavy (non-hydrogen) atoms. The molecule has 0 aliphatic carbocycles. The Bertz CT molecular complexity index is 451. The Morgan fingerprint density at radius 1 is 1.20 bits per heavy atom. The molecule has 5 heteroatoms. The van der Waals surface area contributed by atoms with E-state index in [1.807, 2.05) is 26.0 Å². The first kappa shape index (κ1) is 16.2. The molecule has 3 N–H and O–H groups in total. The van der Waals surface area contributed by atoms with Crippen LogP contribution in [-0.4, -0.2) is 35.8 Å². The van der Waals surface area contributed by atoms with E-state index in [0.717, 1.165) is 5.56 Å². The summed E-state index contributed by atoms with van der Waals surface area (Å²) in [5.41, 5.74) is 7.07. The predicted octanol–water partition coefficient (Wildman–Crippen LogP) is 1.13. The van der Waals surface area contributed by atoms with Gasteiger partial charge < -0.3 is 16.0 Å². The highest BCUT2D eigenvalue weighted by molar-refractivity contribution is 5.94. The van der Waals surface area contributed by atoms with Gasteiger partial charge in [-0.2, -0.15) is 0 Å². The maximum Gasteiger partial charge on any atom is 0.253 e. The zero-order chi connectivity index (χ0) is 15.1. The highest BCUT2D eigenvalue weighted by Crippen LogP contribution is 2.08. The molecule has 0 spiro atoms. The van der Waals surface area contributed by atoms with Gasteiger partial charge in [0.1, 0.15) is 0 Å². The minimum Gasteiger partial charge on any atom is -0.351 e. The smallest absolute Gasteiger partial charge is 0.253 e. The number of nitrogens with zero attached hydrogens (tertiary/aromatic N) is 1. The molecule has 0 saturated carbocycles. The molecule has 1 aromatic rings. The highest BCUT2D eigenvalue weighted by atomic mass is 16.2. The van der Waals surface area contributed by atoms with Gasteiger partial charge in [0.2, 0.25) is 5.91 Å². The van der Waals surface area contributed by atoms with Crippen LogP contribution in [0.15, 0.2) is 24.3 Å². The van der Waals surface area contributed by atoms with Crippen LogP contribution in [0.1, 0.15) is 36.7 Å². The van der Waals surface area contributed by atoms with Gasteiger partial charge in [-0.25, -0.2) is 0 Å². The fourth-order valence-electron chi connectivity index (χ4n) is 1.81. The second kappa shape index (κ2) is 7.65. The Morgan fingerprint density at radius 3 is 2.20 bits per heavy atom. The van der Waals surface area contributed by atoms with Crippen LogP contribution in [0.3, 0.4) is 0 Å². The van der Waals surface area contributed by atoms with Crippen LogP contribution >= 0.6 is 0 Å². The number of nitrogens with two attached hydrogens (primary N) is 1. The molecular weight excluding hydrogens is 254 g/mol. The first-order valence-corrected chi connectivity index (χ1v) is 6.91. The molecule has 0 aliphatic heterocycles. The quantitative estimate of drug-likeness (QED) is 0.818. The maximum atomic E-state index is 12.1. The topological polar surface area (TPSA) is 75.4 Å². The Morgan fingerprint density at radius 2 is 1.75 bits per heavy atom. The van der Waals surface area contributed by atoms with Gasteiger partial charge in [0.25, 0.3) is 5.91 Å². The van der Waals surface area contributed by atoms with E-state index in [2.05, 4.69) is 5.32 Å². The summed E-state index contributed by atoms with van der Waals surface area (Å²) >= 11 is 0. The molecule has 0 saturated heterocycles. The molecule has 0 heterocycles. The van der Waals surface area contributed by atoms with Gasteiger partial charge in [-0.3, -0.25) is 9.59 Å². The number of hydrogen-bond acceptors (Lipinski definition) is 3. The molecule has 0 unspecified atom stereocenters. The number of amides is 2. The summed E-state index contributed by atoms with van der Waals surface area (Å²) < 4.78 is 0. The largest absolute Gasteiger partial charge is 0.351 e. The first-order valence-electron chi connectivity index (χ1n) is 6.91. The summed E-state index contributed by atoms with van der Waals surface area (Å²) in [7, 11) is 0. The van der Waals surface area contributed by atoms with Crippen molar-refractivity contribution in [1.29, 1.82) is 0 Å². The van der Waals surface area contributed by atoms with Gasteiger partial charge in [0.15, 0.2) is 0 Å². The molecule has 0 bridgehead atoms. The third-order valence-corrected chi connectivity index (χ3v) is 3.13. The molecule has 0 aromatic heterocycles. The lowest BCUT2D eigenvalue weighted by molar-refractivity contribution is -0.122. The third kappa shape index (κ3) is 4.35. The number of benzene rings is 1. The van der Waals surface area contributed by atoms with Crippen LogP contribution in [-0.2, 0) is 11.3 Å². The Labute approximate surface area is 120 Å². The molecule has 1 aromatic carbocycles. The van der Waals surface area contributed by atoms with Crippen molar-refractivity contribution >= 4 is 11.8 Å². The van der Waals surface area contributed by atoms with Crippen molar-refractivity contribution in [2.75, 3.05) is 13.1 Å². The summed E-state index contributed by atoms with van der Waals surface area (Å²) in [4.78, 5) is 25.2. The fraction of sp³-hybridized carbons (Fsp3) is 0.467. The van der Waals surface area contributed by atoms with E-state index in [-0.39, 0.29) is 11.8 Å². The van der Waals surface area contributed by atoms with E-state index in [1.54, 1.807) is 24.0 Å². The summed E-state index contributed by atoms with van der Waals surface area (Å²) in [6.45, 7) is 7.36. The zero-order valence-electron chi connectivity index (χ0n) is 12.3. The normalized spacial score (nSPS) is 11.8.